The maximum Gasteiger partial charge on any atom is 0.253 e. The van der Waals surface area contributed by atoms with Gasteiger partial charge in [0.2, 0.25) is 5.91 Å². The normalized spacial score (nSPS) is 24.8. The molecule has 1 heterocycles. The van der Waals surface area contributed by atoms with Gasteiger partial charge in [-0.25, -0.2) is 0 Å². The third kappa shape index (κ3) is 3.75. The number of carbonyl (C=O) groups is 2. The quantitative estimate of drug-likeness (QED) is 0.852. The second-order valence-electron chi connectivity index (χ2n) is 6.39. The molecular formula is C17H22BrN3O2. The highest BCUT2D eigenvalue weighted by Crippen LogP contribution is 2.26. The lowest BCUT2D eigenvalue weighted by molar-refractivity contribution is -0.136. The standard InChI is InChI=1S/C17H22BrN3O2/c18-14-4-1-12(2-5-14)16(22)20-7-9-21(10-8-20)17(23)13-3-6-15(19)11-13/h1-2,4-5,13,15H,3,6-11,19H2. The molecule has 1 aliphatic carbocycles. The topological polar surface area (TPSA) is 66.6 Å². The second-order valence-corrected chi connectivity index (χ2v) is 7.31. The molecule has 2 atom stereocenters. The summed E-state index contributed by atoms with van der Waals surface area (Å²) in [6, 6.07) is 7.56. The molecule has 3 rings (SSSR count). The van der Waals surface area contributed by atoms with Gasteiger partial charge in [0, 0.05) is 48.2 Å². The van der Waals surface area contributed by atoms with Crippen molar-refractivity contribution in [3.63, 3.8) is 0 Å². The van der Waals surface area contributed by atoms with Gasteiger partial charge in [-0.15, -0.1) is 0 Å². The van der Waals surface area contributed by atoms with E-state index in [0.29, 0.717) is 31.7 Å². The number of hydrogen-bond donors (Lipinski definition) is 1. The summed E-state index contributed by atoms with van der Waals surface area (Å²) < 4.78 is 0.958. The number of carbonyl (C=O) groups excluding carboxylic acids is 2. The van der Waals surface area contributed by atoms with Crippen molar-refractivity contribution in [2.24, 2.45) is 11.7 Å². The van der Waals surface area contributed by atoms with Crippen molar-refractivity contribution in [3.05, 3.63) is 34.3 Å². The Kier molecular flexibility index (Phi) is 5.02. The van der Waals surface area contributed by atoms with Crippen molar-refractivity contribution in [2.45, 2.75) is 25.3 Å². The van der Waals surface area contributed by atoms with Crippen LogP contribution in [0.3, 0.4) is 0 Å². The van der Waals surface area contributed by atoms with Crippen molar-refractivity contribution < 1.29 is 9.59 Å². The van der Waals surface area contributed by atoms with E-state index in [-0.39, 0.29) is 23.8 Å². The molecular weight excluding hydrogens is 358 g/mol. The third-order valence-corrected chi connectivity index (χ3v) is 5.32. The summed E-state index contributed by atoms with van der Waals surface area (Å²) in [6.07, 6.45) is 2.65. The number of rotatable bonds is 2. The van der Waals surface area contributed by atoms with Crippen LogP contribution in [-0.2, 0) is 4.79 Å². The van der Waals surface area contributed by atoms with Crippen LogP contribution in [0.15, 0.2) is 28.7 Å². The first kappa shape index (κ1) is 16.5. The number of piperazine rings is 1. The predicted molar refractivity (Wildman–Crippen MR) is 91.9 cm³/mol. The first-order valence-corrected chi connectivity index (χ1v) is 8.93. The molecule has 0 spiro atoms. The molecule has 23 heavy (non-hydrogen) atoms. The van der Waals surface area contributed by atoms with Gasteiger partial charge in [0.1, 0.15) is 0 Å². The van der Waals surface area contributed by atoms with Crippen molar-refractivity contribution >= 4 is 27.7 Å². The lowest BCUT2D eigenvalue weighted by atomic mass is 10.1. The van der Waals surface area contributed by atoms with Crippen molar-refractivity contribution in [1.82, 2.24) is 9.80 Å². The van der Waals surface area contributed by atoms with E-state index < -0.39 is 0 Å². The highest BCUT2D eigenvalue weighted by Gasteiger charge is 2.33. The lowest BCUT2D eigenvalue weighted by Gasteiger charge is -2.36. The van der Waals surface area contributed by atoms with Gasteiger partial charge in [-0.3, -0.25) is 9.59 Å². The van der Waals surface area contributed by atoms with E-state index >= 15 is 0 Å². The molecule has 1 aromatic carbocycles. The monoisotopic (exact) mass is 379 g/mol. The number of nitrogens with zero attached hydrogens (tertiary/aromatic N) is 2. The molecule has 2 aliphatic rings. The summed E-state index contributed by atoms with van der Waals surface area (Å²) in [5.41, 5.74) is 6.59. The number of benzene rings is 1. The Morgan fingerprint density at radius 2 is 1.61 bits per heavy atom. The van der Waals surface area contributed by atoms with Crippen LogP contribution in [0, 0.1) is 5.92 Å². The van der Waals surface area contributed by atoms with Gasteiger partial charge < -0.3 is 15.5 Å². The van der Waals surface area contributed by atoms with Crippen LogP contribution in [0.1, 0.15) is 29.6 Å². The number of halogens is 1. The Balaban J connectivity index is 1.54. The van der Waals surface area contributed by atoms with Gasteiger partial charge in [-0.1, -0.05) is 15.9 Å². The van der Waals surface area contributed by atoms with E-state index in [1.807, 2.05) is 34.1 Å². The zero-order chi connectivity index (χ0) is 16.4. The van der Waals surface area contributed by atoms with Crippen LogP contribution in [0.5, 0.6) is 0 Å². The molecule has 1 saturated heterocycles. The SMILES string of the molecule is NC1CCC(C(=O)N2CCN(C(=O)c3ccc(Br)cc3)CC2)C1. The first-order valence-electron chi connectivity index (χ1n) is 8.14. The van der Waals surface area contributed by atoms with Crippen LogP contribution in [0.4, 0.5) is 0 Å². The number of nitrogens with two attached hydrogens (primary N) is 1. The average Bonchev–Trinajstić information content (AvgIpc) is 3.01. The Morgan fingerprint density at radius 3 is 2.17 bits per heavy atom. The maximum atomic E-state index is 12.5. The van der Waals surface area contributed by atoms with Crippen LogP contribution in [0.2, 0.25) is 0 Å². The van der Waals surface area contributed by atoms with Crippen LogP contribution >= 0.6 is 15.9 Å². The molecule has 1 aromatic rings. The first-order chi connectivity index (χ1) is 11.0. The minimum atomic E-state index is 0.0347. The lowest BCUT2D eigenvalue weighted by Crippen LogP contribution is -2.51. The van der Waals surface area contributed by atoms with Gasteiger partial charge in [0.05, 0.1) is 0 Å². The zero-order valence-corrected chi connectivity index (χ0v) is 14.7. The van der Waals surface area contributed by atoms with E-state index in [1.54, 1.807) is 0 Å². The van der Waals surface area contributed by atoms with Crippen molar-refractivity contribution in [1.29, 1.82) is 0 Å². The molecule has 5 nitrogen and oxygen atoms in total. The Bertz CT molecular complexity index is 582. The highest BCUT2D eigenvalue weighted by atomic mass is 79.9. The summed E-state index contributed by atoms with van der Waals surface area (Å²) in [5.74, 6) is 0.333. The van der Waals surface area contributed by atoms with Gasteiger partial charge >= 0.3 is 0 Å². The highest BCUT2D eigenvalue weighted by molar-refractivity contribution is 9.10. The third-order valence-electron chi connectivity index (χ3n) is 4.79. The minimum absolute atomic E-state index is 0.0347. The van der Waals surface area contributed by atoms with Crippen LogP contribution in [-0.4, -0.2) is 53.8 Å². The molecule has 1 saturated carbocycles. The fraction of sp³-hybridized carbons (Fsp3) is 0.529. The largest absolute Gasteiger partial charge is 0.339 e. The predicted octanol–water partition coefficient (Wildman–Crippen LogP) is 1.86. The molecule has 2 fully saturated rings. The van der Waals surface area contributed by atoms with Crippen LogP contribution in [0.25, 0.3) is 0 Å². The summed E-state index contributed by atoms with van der Waals surface area (Å²) >= 11 is 3.37. The second kappa shape index (κ2) is 7.01. The van der Waals surface area contributed by atoms with E-state index in [0.717, 1.165) is 23.7 Å². The van der Waals surface area contributed by atoms with E-state index in [1.165, 1.54) is 0 Å². The fourth-order valence-corrected chi connectivity index (χ4v) is 3.67. The van der Waals surface area contributed by atoms with E-state index in [2.05, 4.69) is 15.9 Å². The summed E-state index contributed by atoms with van der Waals surface area (Å²) in [6.45, 7) is 2.43. The Labute approximate surface area is 144 Å². The van der Waals surface area contributed by atoms with Gasteiger partial charge in [-0.2, -0.15) is 0 Å². The number of hydrogen-bond acceptors (Lipinski definition) is 3. The molecule has 1 aliphatic heterocycles. The smallest absolute Gasteiger partial charge is 0.253 e. The van der Waals surface area contributed by atoms with Crippen molar-refractivity contribution in [2.75, 3.05) is 26.2 Å². The zero-order valence-electron chi connectivity index (χ0n) is 13.1. The molecule has 0 radical (unpaired) electrons. The summed E-state index contributed by atoms with van der Waals surface area (Å²) in [5, 5.41) is 0. The molecule has 0 aromatic heterocycles. The molecule has 2 N–H and O–H groups in total. The summed E-state index contributed by atoms with van der Waals surface area (Å²) in [4.78, 5) is 28.7. The Morgan fingerprint density at radius 1 is 1.00 bits per heavy atom. The van der Waals surface area contributed by atoms with E-state index in [4.69, 9.17) is 5.73 Å². The van der Waals surface area contributed by atoms with Gasteiger partial charge in [0.25, 0.3) is 5.91 Å². The number of amides is 2. The van der Waals surface area contributed by atoms with Crippen molar-refractivity contribution in [3.8, 4) is 0 Å². The summed E-state index contributed by atoms with van der Waals surface area (Å²) in [7, 11) is 0. The van der Waals surface area contributed by atoms with Crippen LogP contribution < -0.4 is 5.73 Å². The van der Waals surface area contributed by atoms with Gasteiger partial charge in [-0.05, 0) is 43.5 Å². The minimum Gasteiger partial charge on any atom is -0.339 e. The Hall–Kier alpha value is -1.40. The maximum absolute atomic E-state index is 12.5. The molecule has 6 heteroatoms. The molecule has 124 valence electrons. The molecule has 0 bridgehead atoms. The fourth-order valence-electron chi connectivity index (χ4n) is 3.40. The molecule has 2 unspecified atom stereocenters. The average molecular weight is 380 g/mol. The van der Waals surface area contributed by atoms with Gasteiger partial charge in [0.15, 0.2) is 0 Å². The van der Waals surface area contributed by atoms with E-state index in [9.17, 15) is 9.59 Å². The molecule has 2 amide bonds.